The number of esters is 1. The molecule has 2 rings (SSSR count). The standard InChI is InChI=1S/C19H22N2O6/c1-11-12(2)27-13(3)18(11)19(24)26-10-17(23)21-8-14-4-6-15(7-5-14)25-9-16(20)22/h4-7H,8-10H2,1-3H3,(H2,20,22)(H,21,23). The number of carbonyl (C=O) groups is 3. The van der Waals surface area contributed by atoms with Crippen molar-refractivity contribution >= 4 is 17.8 Å². The van der Waals surface area contributed by atoms with E-state index in [-0.39, 0.29) is 19.8 Å². The minimum atomic E-state index is -0.590. The quantitative estimate of drug-likeness (QED) is 0.676. The third-order valence-corrected chi connectivity index (χ3v) is 3.89. The third kappa shape index (κ3) is 5.60. The fourth-order valence-electron chi connectivity index (χ4n) is 2.41. The summed E-state index contributed by atoms with van der Waals surface area (Å²) in [6.07, 6.45) is 0. The van der Waals surface area contributed by atoms with Crippen molar-refractivity contribution in [3.8, 4) is 5.75 Å². The number of aryl methyl sites for hydroxylation is 2. The summed E-state index contributed by atoms with van der Waals surface area (Å²) in [7, 11) is 0. The highest BCUT2D eigenvalue weighted by molar-refractivity contribution is 5.93. The van der Waals surface area contributed by atoms with Crippen molar-refractivity contribution in [3.63, 3.8) is 0 Å². The van der Waals surface area contributed by atoms with E-state index in [2.05, 4.69) is 5.32 Å². The summed E-state index contributed by atoms with van der Waals surface area (Å²) < 4.78 is 15.6. The number of ether oxygens (including phenoxy) is 2. The molecule has 0 saturated carbocycles. The van der Waals surface area contributed by atoms with Crippen LogP contribution in [0, 0.1) is 20.8 Å². The molecule has 1 aromatic carbocycles. The lowest BCUT2D eigenvalue weighted by molar-refractivity contribution is -0.124. The van der Waals surface area contributed by atoms with Crippen molar-refractivity contribution in [2.45, 2.75) is 27.3 Å². The average Bonchev–Trinajstić information content (AvgIpc) is 2.89. The molecule has 0 spiro atoms. The van der Waals surface area contributed by atoms with Crippen LogP contribution >= 0.6 is 0 Å². The maximum absolute atomic E-state index is 12.1. The van der Waals surface area contributed by atoms with E-state index < -0.39 is 17.8 Å². The number of nitrogens with one attached hydrogen (secondary N) is 1. The summed E-state index contributed by atoms with van der Waals surface area (Å²) in [4.78, 5) is 34.7. The number of hydrogen-bond acceptors (Lipinski definition) is 6. The predicted molar refractivity (Wildman–Crippen MR) is 96.2 cm³/mol. The zero-order chi connectivity index (χ0) is 20.0. The number of carbonyl (C=O) groups excluding carboxylic acids is 3. The average molecular weight is 374 g/mol. The first kappa shape index (κ1) is 20.0. The molecule has 0 unspecified atom stereocenters. The monoisotopic (exact) mass is 374 g/mol. The largest absolute Gasteiger partial charge is 0.484 e. The molecule has 1 aromatic heterocycles. The molecule has 0 bridgehead atoms. The Balaban J connectivity index is 1.79. The van der Waals surface area contributed by atoms with E-state index >= 15 is 0 Å². The number of hydrogen-bond donors (Lipinski definition) is 2. The lowest BCUT2D eigenvalue weighted by atomic mass is 10.1. The fourth-order valence-corrected chi connectivity index (χ4v) is 2.41. The van der Waals surface area contributed by atoms with Crippen LogP contribution in [0.25, 0.3) is 0 Å². The van der Waals surface area contributed by atoms with Crippen LogP contribution in [0.15, 0.2) is 28.7 Å². The Labute approximate surface area is 156 Å². The first-order valence-corrected chi connectivity index (χ1v) is 8.28. The molecule has 8 heteroatoms. The van der Waals surface area contributed by atoms with Gasteiger partial charge in [0.15, 0.2) is 13.2 Å². The molecule has 27 heavy (non-hydrogen) atoms. The van der Waals surface area contributed by atoms with Gasteiger partial charge in [0.2, 0.25) is 0 Å². The molecule has 0 aliphatic rings. The minimum absolute atomic E-state index is 0.198. The number of primary amides is 1. The Hall–Kier alpha value is -3.29. The zero-order valence-corrected chi connectivity index (χ0v) is 15.5. The van der Waals surface area contributed by atoms with E-state index in [0.29, 0.717) is 28.4 Å². The number of rotatable bonds is 8. The van der Waals surface area contributed by atoms with Crippen LogP contribution in [0.5, 0.6) is 5.75 Å². The highest BCUT2D eigenvalue weighted by atomic mass is 16.5. The highest BCUT2D eigenvalue weighted by Gasteiger charge is 2.20. The number of amides is 2. The van der Waals surface area contributed by atoms with Gasteiger partial charge in [-0.2, -0.15) is 0 Å². The van der Waals surface area contributed by atoms with Gasteiger partial charge in [-0.15, -0.1) is 0 Å². The Morgan fingerprint density at radius 3 is 2.26 bits per heavy atom. The van der Waals surface area contributed by atoms with Crippen LogP contribution < -0.4 is 15.8 Å². The molecule has 2 aromatic rings. The SMILES string of the molecule is Cc1oc(C)c(C(=O)OCC(=O)NCc2ccc(OCC(N)=O)cc2)c1C. The van der Waals surface area contributed by atoms with Gasteiger partial charge in [0, 0.05) is 12.1 Å². The number of benzene rings is 1. The lowest BCUT2D eigenvalue weighted by Gasteiger charge is -2.08. The van der Waals surface area contributed by atoms with E-state index in [1.807, 2.05) is 0 Å². The van der Waals surface area contributed by atoms with Crippen LogP contribution in [0.2, 0.25) is 0 Å². The molecule has 2 amide bonds. The second-order valence-corrected chi connectivity index (χ2v) is 5.97. The van der Waals surface area contributed by atoms with Crippen molar-refractivity contribution < 1.29 is 28.3 Å². The van der Waals surface area contributed by atoms with Gasteiger partial charge in [-0.3, -0.25) is 9.59 Å². The number of nitrogens with two attached hydrogens (primary N) is 1. The van der Waals surface area contributed by atoms with Gasteiger partial charge in [-0.25, -0.2) is 4.79 Å². The second kappa shape index (κ2) is 8.88. The van der Waals surface area contributed by atoms with Crippen LogP contribution in [0.1, 0.15) is 33.0 Å². The van der Waals surface area contributed by atoms with Gasteiger partial charge in [0.25, 0.3) is 11.8 Å². The maximum atomic E-state index is 12.1. The zero-order valence-electron chi connectivity index (χ0n) is 15.5. The lowest BCUT2D eigenvalue weighted by Crippen LogP contribution is -2.28. The van der Waals surface area contributed by atoms with Gasteiger partial charge >= 0.3 is 5.97 Å². The molecule has 8 nitrogen and oxygen atoms in total. The third-order valence-electron chi connectivity index (χ3n) is 3.89. The molecular weight excluding hydrogens is 352 g/mol. The maximum Gasteiger partial charge on any atom is 0.342 e. The van der Waals surface area contributed by atoms with Crippen molar-refractivity contribution in [1.82, 2.24) is 5.32 Å². The Bertz CT molecular complexity index is 839. The van der Waals surface area contributed by atoms with E-state index in [1.165, 1.54) is 0 Å². The van der Waals surface area contributed by atoms with E-state index in [0.717, 1.165) is 5.56 Å². The summed E-state index contributed by atoms with van der Waals surface area (Å²) in [5.41, 5.74) is 6.88. The summed E-state index contributed by atoms with van der Waals surface area (Å²) in [5, 5.41) is 2.66. The van der Waals surface area contributed by atoms with Crippen LogP contribution in [-0.4, -0.2) is 31.0 Å². The fraction of sp³-hybridized carbons (Fsp3) is 0.316. The highest BCUT2D eigenvalue weighted by Crippen LogP contribution is 2.21. The smallest absolute Gasteiger partial charge is 0.342 e. The molecule has 3 N–H and O–H groups in total. The Kier molecular flexibility index (Phi) is 6.59. The van der Waals surface area contributed by atoms with Gasteiger partial charge in [-0.05, 0) is 38.5 Å². The summed E-state index contributed by atoms with van der Waals surface area (Å²) >= 11 is 0. The molecule has 0 saturated heterocycles. The molecular formula is C19H22N2O6. The molecule has 0 radical (unpaired) electrons. The molecule has 0 aliphatic heterocycles. The van der Waals surface area contributed by atoms with E-state index in [4.69, 9.17) is 19.6 Å². The van der Waals surface area contributed by atoms with Crippen LogP contribution in [-0.2, 0) is 20.9 Å². The van der Waals surface area contributed by atoms with Gasteiger partial charge in [-0.1, -0.05) is 12.1 Å². The molecule has 144 valence electrons. The van der Waals surface area contributed by atoms with E-state index in [1.54, 1.807) is 45.0 Å². The van der Waals surface area contributed by atoms with Crippen molar-refractivity contribution in [2.24, 2.45) is 5.73 Å². The van der Waals surface area contributed by atoms with Gasteiger partial charge < -0.3 is 24.9 Å². The molecule has 0 aliphatic carbocycles. The number of furan rings is 1. The van der Waals surface area contributed by atoms with Crippen LogP contribution in [0.4, 0.5) is 0 Å². The topological polar surface area (TPSA) is 121 Å². The van der Waals surface area contributed by atoms with Gasteiger partial charge in [0.05, 0.1) is 0 Å². The van der Waals surface area contributed by atoms with Crippen molar-refractivity contribution in [1.29, 1.82) is 0 Å². The first-order chi connectivity index (χ1) is 12.8. The van der Waals surface area contributed by atoms with Gasteiger partial charge in [0.1, 0.15) is 22.8 Å². The molecule has 1 heterocycles. The molecule has 0 atom stereocenters. The molecule has 0 fully saturated rings. The Morgan fingerprint density at radius 1 is 1.04 bits per heavy atom. The van der Waals surface area contributed by atoms with Crippen LogP contribution in [0.3, 0.4) is 0 Å². The second-order valence-electron chi connectivity index (χ2n) is 5.97. The Morgan fingerprint density at radius 2 is 1.70 bits per heavy atom. The summed E-state index contributed by atoms with van der Waals surface area (Å²) in [6.45, 7) is 4.87. The normalized spacial score (nSPS) is 10.3. The van der Waals surface area contributed by atoms with Crippen molar-refractivity contribution in [2.75, 3.05) is 13.2 Å². The van der Waals surface area contributed by atoms with E-state index in [9.17, 15) is 14.4 Å². The summed E-state index contributed by atoms with van der Waals surface area (Å²) in [5.74, 6) is 0.0397. The van der Waals surface area contributed by atoms with Crippen molar-refractivity contribution in [3.05, 3.63) is 52.5 Å². The first-order valence-electron chi connectivity index (χ1n) is 8.28. The predicted octanol–water partition coefficient (Wildman–Crippen LogP) is 1.54. The minimum Gasteiger partial charge on any atom is -0.484 e. The summed E-state index contributed by atoms with van der Waals surface area (Å²) in [6, 6.07) is 6.81.